The van der Waals surface area contributed by atoms with Crippen molar-refractivity contribution in [2.24, 2.45) is 0 Å². The summed E-state index contributed by atoms with van der Waals surface area (Å²) in [6.45, 7) is 3.15. The van der Waals surface area contributed by atoms with Crippen LogP contribution >= 0.6 is 0 Å². The van der Waals surface area contributed by atoms with E-state index >= 15 is 0 Å². The van der Waals surface area contributed by atoms with Gasteiger partial charge < -0.3 is 20.3 Å². The van der Waals surface area contributed by atoms with E-state index in [4.69, 9.17) is 10.5 Å². The van der Waals surface area contributed by atoms with Crippen molar-refractivity contribution in [3.8, 4) is 5.75 Å². The maximum Gasteiger partial charge on any atom is 0.242 e. The van der Waals surface area contributed by atoms with Gasteiger partial charge in [0, 0.05) is 25.3 Å². The number of nitrogen functional groups attached to an aromatic ring is 1. The summed E-state index contributed by atoms with van der Waals surface area (Å²) >= 11 is 0. The van der Waals surface area contributed by atoms with E-state index in [1.807, 2.05) is 17.0 Å². The first-order valence-corrected chi connectivity index (χ1v) is 7.18. The highest BCUT2D eigenvalue weighted by Gasteiger charge is 2.26. The lowest BCUT2D eigenvalue weighted by atomic mass is 10.1. The molecule has 1 aromatic rings. The first-order chi connectivity index (χ1) is 9.69. The van der Waals surface area contributed by atoms with Gasteiger partial charge in [0.15, 0.2) is 0 Å². The van der Waals surface area contributed by atoms with Crippen molar-refractivity contribution < 1.29 is 9.53 Å². The minimum atomic E-state index is 0.227. The second-order valence-electron chi connectivity index (χ2n) is 5.48. The first-order valence-electron chi connectivity index (χ1n) is 7.18. The Labute approximate surface area is 119 Å². The van der Waals surface area contributed by atoms with Gasteiger partial charge in [-0.2, -0.15) is 0 Å². The fourth-order valence-corrected chi connectivity index (χ4v) is 3.07. The topological polar surface area (TPSA) is 58.8 Å². The van der Waals surface area contributed by atoms with Crippen molar-refractivity contribution in [2.45, 2.75) is 19.3 Å². The van der Waals surface area contributed by atoms with Crippen LogP contribution < -0.4 is 15.4 Å². The van der Waals surface area contributed by atoms with E-state index in [2.05, 4.69) is 4.90 Å². The number of hydrogen-bond acceptors (Lipinski definition) is 4. The van der Waals surface area contributed by atoms with Crippen molar-refractivity contribution in [3.05, 3.63) is 17.7 Å². The number of fused-ring (bicyclic) bond motifs is 1. The number of nitrogens with zero attached hydrogens (tertiary/aromatic N) is 2. The van der Waals surface area contributed by atoms with Gasteiger partial charge in [-0.05, 0) is 37.0 Å². The lowest BCUT2D eigenvalue weighted by molar-refractivity contribution is -0.128. The van der Waals surface area contributed by atoms with Gasteiger partial charge in [-0.1, -0.05) is 0 Å². The summed E-state index contributed by atoms with van der Waals surface area (Å²) in [5, 5.41) is 0. The standard InChI is InChI=1S/C15H21N3O2/c1-20-14-8-11-4-7-18(13(11)9-12(14)16)10-15(19)17-5-2-3-6-17/h8-9H,2-7,10,16H2,1H3. The predicted molar refractivity (Wildman–Crippen MR) is 79.1 cm³/mol. The largest absolute Gasteiger partial charge is 0.495 e. The third-order valence-electron chi connectivity index (χ3n) is 4.21. The fourth-order valence-electron chi connectivity index (χ4n) is 3.07. The van der Waals surface area contributed by atoms with E-state index in [0.717, 1.165) is 50.3 Å². The lowest BCUT2D eigenvalue weighted by Gasteiger charge is -2.23. The predicted octanol–water partition coefficient (Wildman–Crippen LogP) is 1.26. The summed E-state index contributed by atoms with van der Waals surface area (Å²) < 4.78 is 5.25. The molecular weight excluding hydrogens is 254 g/mol. The van der Waals surface area contributed by atoms with Crippen LogP contribution in [0.2, 0.25) is 0 Å². The van der Waals surface area contributed by atoms with Crippen molar-refractivity contribution in [1.29, 1.82) is 0 Å². The van der Waals surface area contributed by atoms with Crippen LogP contribution in [0.4, 0.5) is 11.4 Å². The lowest BCUT2D eigenvalue weighted by Crippen LogP contribution is -2.38. The Morgan fingerprint density at radius 2 is 2.05 bits per heavy atom. The molecule has 0 aromatic heterocycles. The zero-order chi connectivity index (χ0) is 14.1. The number of carbonyl (C=O) groups excluding carboxylic acids is 1. The number of nitrogens with two attached hydrogens (primary N) is 1. The van der Waals surface area contributed by atoms with Crippen molar-refractivity contribution in [1.82, 2.24) is 4.90 Å². The monoisotopic (exact) mass is 275 g/mol. The Kier molecular flexibility index (Phi) is 3.42. The number of ether oxygens (including phenoxy) is 1. The van der Waals surface area contributed by atoms with Crippen LogP contribution in [0.1, 0.15) is 18.4 Å². The molecule has 5 heteroatoms. The molecule has 0 saturated carbocycles. The molecule has 2 aliphatic rings. The molecule has 1 saturated heterocycles. The number of hydrogen-bond donors (Lipinski definition) is 1. The van der Waals surface area contributed by atoms with Crippen LogP contribution in [0, 0.1) is 0 Å². The average molecular weight is 275 g/mol. The molecule has 0 radical (unpaired) electrons. The molecule has 0 aliphatic carbocycles. The Balaban J connectivity index is 1.75. The molecule has 0 atom stereocenters. The minimum absolute atomic E-state index is 0.227. The summed E-state index contributed by atoms with van der Waals surface area (Å²) in [6, 6.07) is 3.92. The minimum Gasteiger partial charge on any atom is -0.495 e. The summed E-state index contributed by atoms with van der Waals surface area (Å²) in [7, 11) is 1.63. The maximum atomic E-state index is 12.2. The fraction of sp³-hybridized carbons (Fsp3) is 0.533. The molecule has 1 amide bonds. The molecular formula is C15H21N3O2. The van der Waals surface area contributed by atoms with Gasteiger partial charge in [0.25, 0.3) is 0 Å². The number of rotatable bonds is 3. The van der Waals surface area contributed by atoms with Crippen LogP contribution in [0.5, 0.6) is 5.75 Å². The van der Waals surface area contributed by atoms with Crippen LogP contribution in [0.15, 0.2) is 12.1 Å². The highest BCUT2D eigenvalue weighted by molar-refractivity contribution is 5.83. The second-order valence-corrected chi connectivity index (χ2v) is 5.48. The Morgan fingerprint density at radius 1 is 1.30 bits per heavy atom. The molecule has 108 valence electrons. The quantitative estimate of drug-likeness (QED) is 0.844. The van der Waals surface area contributed by atoms with Crippen LogP contribution in [0.25, 0.3) is 0 Å². The second kappa shape index (κ2) is 5.23. The molecule has 20 heavy (non-hydrogen) atoms. The number of amides is 1. The van der Waals surface area contributed by atoms with Crippen LogP contribution in [0.3, 0.4) is 0 Å². The van der Waals surface area contributed by atoms with E-state index < -0.39 is 0 Å². The zero-order valence-corrected chi connectivity index (χ0v) is 11.9. The number of methoxy groups -OCH3 is 1. The Bertz CT molecular complexity index is 524. The van der Waals surface area contributed by atoms with Gasteiger partial charge >= 0.3 is 0 Å². The van der Waals surface area contributed by atoms with Gasteiger partial charge in [0.1, 0.15) is 5.75 Å². The molecule has 3 rings (SSSR count). The van der Waals surface area contributed by atoms with Crippen molar-refractivity contribution in [2.75, 3.05) is 43.9 Å². The number of benzene rings is 1. The summed E-state index contributed by atoms with van der Waals surface area (Å²) in [5.41, 5.74) is 8.90. The third-order valence-corrected chi connectivity index (χ3v) is 4.21. The molecule has 5 nitrogen and oxygen atoms in total. The highest BCUT2D eigenvalue weighted by Crippen LogP contribution is 2.35. The normalized spacial score (nSPS) is 17.4. The third kappa shape index (κ3) is 2.28. The number of likely N-dealkylation sites (tertiary alicyclic amines) is 1. The van der Waals surface area contributed by atoms with Gasteiger partial charge in [0.2, 0.25) is 5.91 Å². The van der Waals surface area contributed by atoms with E-state index in [0.29, 0.717) is 12.2 Å². The number of carbonyl (C=O) groups is 1. The maximum absolute atomic E-state index is 12.2. The summed E-state index contributed by atoms with van der Waals surface area (Å²) in [5.74, 6) is 0.946. The molecule has 2 N–H and O–H groups in total. The molecule has 2 heterocycles. The molecule has 0 unspecified atom stereocenters. The highest BCUT2D eigenvalue weighted by atomic mass is 16.5. The van der Waals surface area contributed by atoms with E-state index in [1.54, 1.807) is 7.11 Å². The van der Waals surface area contributed by atoms with Gasteiger partial charge in [-0.15, -0.1) is 0 Å². The summed E-state index contributed by atoms with van der Waals surface area (Å²) in [4.78, 5) is 16.3. The van der Waals surface area contributed by atoms with Gasteiger partial charge in [-0.25, -0.2) is 0 Å². The molecule has 0 bridgehead atoms. The Hall–Kier alpha value is -1.91. The molecule has 0 spiro atoms. The SMILES string of the molecule is COc1cc2c(cc1N)N(CC(=O)N1CCCC1)CC2. The zero-order valence-electron chi connectivity index (χ0n) is 11.9. The van der Waals surface area contributed by atoms with E-state index in [9.17, 15) is 4.79 Å². The molecule has 2 aliphatic heterocycles. The Morgan fingerprint density at radius 3 is 2.75 bits per heavy atom. The number of anilines is 2. The van der Waals surface area contributed by atoms with Gasteiger partial charge in [-0.3, -0.25) is 4.79 Å². The molecule has 1 aromatic carbocycles. The van der Waals surface area contributed by atoms with E-state index in [-0.39, 0.29) is 5.91 Å². The summed E-state index contributed by atoms with van der Waals surface area (Å²) in [6.07, 6.45) is 3.21. The average Bonchev–Trinajstić information content (AvgIpc) is 3.08. The van der Waals surface area contributed by atoms with Crippen LogP contribution in [-0.4, -0.2) is 44.1 Å². The van der Waals surface area contributed by atoms with Crippen LogP contribution in [-0.2, 0) is 11.2 Å². The molecule has 1 fully saturated rings. The smallest absolute Gasteiger partial charge is 0.242 e. The van der Waals surface area contributed by atoms with Gasteiger partial charge in [0.05, 0.1) is 19.3 Å². The van der Waals surface area contributed by atoms with Crippen molar-refractivity contribution in [3.63, 3.8) is 0 Å². The van der Waals surface area contributed by atoms with E-state index in [1.165, 1.54) is 5.56 Å². The first kappa shape index (κ1) is 13.1. The van der Waals surface area contributed by atoms with Crippen molar-refractivity contribution >= 4 is 17.3 Å².